The summed E-state index contributed by atoms with van der Waals surface area (Å²) in [6, 6.07) is 17.1. The summed E-state index contributed by atoms with van der Waals surface area (Å²) in [5.41, 5.74) is 6.89. The van der Waals surface area contributed by atoms with Crippen LogP contribution < -0.4 is 10.9 Å². The number of nitrogens with one attached hydrogen (secondary N) is 3. The summed E-state index contributed by atoms with van der Waals surface area (Å²) in [6.07, 6.45) is 2.74. The van der Waals surface area contributed by atoms with Crippen LogP contribution in [0, 0.1) is 0 Å². The molecule has 0 atom stereocenters. The van der Waals surface area contributed by atoms with Crippen LogP contribution in [0.15, 0.2) is 71.6 Å². The lowest BCUT2D eigenvalue weighted by Crippen LogP contribution is -2.40. The summed E-state index contributed by atoms with van der Waals surface area (Å²) in [7, 11) is -3.58. The smallest absolute Gasteiger partial charge is 0.287 e. The van der Waals surface area contributed by atoms with E-state index in [1.165, 1.54) is 28.6 Å². The van der Waals surface area contributed by atoms with E-state index in [4.69, 9.17) is 4.74 Å². The molecule has 0 bridgehead atoms. The van der Waals surface area contributed by atoms with E-state index in [0.717, 1.165) is 5.56 Å². The van der Waals surface area contributed by atoms with E-state index in [2.05, 4.69) is 21.0 Å². The van der Waals surface area contributed by atoms with Gasteiger partial charge in [0.2, 0.25) is 10.0 Å². The van der Waals surface area contributed by atoms with Gasteiger partial charge >= 0.3 is 0 Å². The Morgan fingerprint density at radius 1 is 1.00 bits per heavy atom. The molecule has 0 spiro atoms. The number of aromatic nitrogens is 2. The number of hydrazine groups is 1. The highest BCUT2D eigenvalue weighted by molar-refractivity contribution is 7.89. The van der Waals surface area contributed by atoms with E-state index in [-0.39, 0.29) is 10.6 Å². The number of carbonyl (C=O) groups is 2. The first kappa shape index (κ1) is 23.4. The van der Waals surface area contributed by atoms with Crippen LogP contribution in [0.4, 0.5) is 0 Å². The third-order valence-electron chi connectivity index (χ3n) is 5.11. The van der Waals surface area contributed by atoms with Crippen molar-refractivity contribution in [3.05, 3.63) is 78.0 Å². The van der Waals surface area contributed by atoms with E-state index in [9.17, 15) is 18.0 Å². The number of benzene rings is 2. The molecule has 4 rings (SSSR count). The second-order valence-electron chi connectivity index (χ2n) is 7.40. The zero-order chi connectivity index (χ0) is 24.0. The Labute approximate surface area is 196 Å². The summed E-state index contributed by atoms with van der Waals surface area (Å²) < 4.78 is 31.9. The largest absolute Gasteiger partial charge is 0.379 e. The van der Waals surface area contributed by atoms with Gasteiger partial charge in [0.05, 0.1) is 23.8 Å². The molecule has 1 aliphatic heterocycles. The number of amides is 2. The Bertz CT molecular complexity index is 1280. The summed E-state index contributed by atoms with van der Waals surface area (Å²) in [4.78, 5) is 24.5. The number of nitrogens with zero attached hydrogens (tertiary/aromatic N) is 2. The minimum absolute atomic E-state index is 0.178. The van der Waals surface area contributed by atoms with Gasteiger partial charge in [0.25, 0.3) is 11.8 Å². The summed E-state index contributed by atoms with van der Waals surface area (Å²) in [5.74, 6) is -1.10. The van der Waals surface area contributed by atoms with Crippen molar-refractivity contribution < 1.29 is 22.7 Å². The summed E-state index contributed by atoms with van der Waals surface area (Å²) in [5, 5.41) is 6.74. The van der Waals surface area contributed by atoms with Crippen molar-refractivity contribution >= 4 is 27.9 Å². The Balaban J connectivity index is 1.30. The molecule has 1 aromatic heterocycles. The van der Waals surface area contributed by atoms with Crippen molar-refractivity contribution in [3.8, 4) is 11.3 Å². The van der Waals surface area contributed by atoms with Gasteiger partial charge in [0.15, 0.2) is 0 Å². The van der Waals surface area contributed by atoms with Gasteiger partial charge in [-0.05, 0) is 29.8 Å². The topological polar surface area (TPSA) is 133 Å². The molecule has 0 aliphatic carbocycles. The molecule has 3 N–H and O–H groups in total. The fourth-order valence-corrected chi connectivity index (χ4v) is 4.69. The van der Waals surface area contributed by atoms with Crippen molar-refractivity contribution in [3.63, 3.8) is 0 Å². The molecule has 34 heavy (non-hydrogen) atoms. The number of sulfonamides is 1. The molecule has 1 aliphatic rings. The predicted octanol–water partition coefficient (Wildman–Crippen LogP) is 1.57. The molecular weight excluding hydrogens is 458 g/mol. The van der Waals surface area contributed by atoms with E-state index < -0.39 is 21.8 Å². The van der Waals surface area contributed by atoms with Crippen LogP contribution in [0.3, 0.4) is 0 Å². The van der Waals surface area contributed by atoms with Crippen molar-refractivity contribution in [2.75, 3.05) is 26.3 Å². The molecule has 2 heterocycles. The van der Waals surface area contributed by atoms with E-state index in [1.54, 1.807) is 18.2 Å². The summed E-state index contributed by atoms with van der Waals surface area (Å²) >= 11 is 0. The SMILES string of the molecule is O=C(/C=C/c1ccc(S(=O)(=O)N2CCOCC2)cc1)NNC(=O)c1cc(-c2ccccc2)n[nH]1. The van der Waals surface area contributed by atoms with E-state index in [0.29, 0.717) is 37.6 Å². The van der Waals surface area contributed by atoms with Gasteiger partial charge in [-0.1, -0.05) is 42.5 Å². The van der Waals surface area contributed by atoms with Crippen LogP contribution in [0.2, 0.25) is 0 Å². The zero-order valence-electron chi connectivity index (χ0n) is 18.1. The molecule has 1 fully saturated rings. The maximum Gasteiger partial charge on any atom is 0.287 e. The van der Waals surface area contributed by atoms with Crippen molar-refractivity contribution in [1.29, 1.82) is 0 Å². The number of morpholine rings is 1. The third-order valence-corrected chi connectivity index (χ3v) is 7.02. The van der Waals surface area contributed by atoms with E-state index in [1.807, 2.05) is 30.3 Å². The molecule has 1 saturated heterocycles. The predicted molar refractivity (Wildman–Crippen MR) is 125 cm³/mol. The second-order valence-corrected chi connectivity index (χ2v) is 9.33. The maximum absolute atomic E-state index is 12.7. The molecule has 11 heteroatoms. The van der Waals surface area contributed by atoms with Gasteiger partial charge in [-0.3, -0.25) is 25.5 Å². The van der Waals surface area contributed by atoms with Crippen LogP contribution in [-0.2, 0) is 19.6 Å². The minimum Gasteiger partial charge on any atom is -0.379 e. The first-order chi connectivity index (χ1) is 16.4. The molecule has 2 aromatic carbocycles. The lowest BCUT2D eigenvalue weighted by Gasteiger charge is -2.26. The standard InChI is InChI=1S/C23H23N5O5S/c29-22(26-27-23(30)21-16-20(24-25-21)18-4-2-1-3-5-18)11-8-17-6-9-19(10-7-17)34(31,32)28-12-14-33-15-13-28/h1-11,16H,12-15H2,(H,24,25)(H,26,29)(H,27,30)/b11-8+. The van der Waals surface area contributed by atoms with Crippen LogP contribution in [0.25, 0.3) is 17.3 Å². The average Bonchev–Trinajstić information content (AvgIpc) is 3.38. The molecule has 0 radical (unpaired) electrons. The quantitative estimate of drug-likeness (QED) is 0.362. The molecule has 3 aromatic rings. The zero-order valence-corrected chi connectivity index (χ0v) is 18.9. The normalized spacial score (nSPS) is 14.7. The maximum atomic E-state index is 12.7. The number of rotatable bonds is 6. The molecular formula is C23H23N5O5S. The van der Waals surface area contributed by atoms with Gasteiger partial charge < -0.3 is 4.74 Å². The molecule has 0 unspecified atom stereocenters. The summed E-state index contributed by atoms with van der Waals surface area (Å²) in [6.45, 7) is 1.39. The van der Waals surface area contributed by atoms with Crippen molar-refractivity contribution in [2.45, 2.75) is 4.90 Å². The van der Waals surface area contributed by atoms with Gasteiger partial charge in [-0.25, -0.2) is 8.42 Å². The molecule has 0 saturated carbocycles. The van der Waals surface area contributed by atoms with Crippen LogP contribution in [0.1, 0.15) is 16.1 Å². The number of carbonyl (C=O) groups excluding carboxylic acids is 2. The van der Waals surface area contributed by atoms with Crippen molar-refractivity contribution in [2.24, 2.45) is 0 Å². The highest BCUT2D eigenvalue weighted by atomic mass is 32.2. The Morgan fingerprint density at radius 3 is 2.41 bits per heavy atom. The molecule has 10 nitrogen and oxygen atoms in total. The van der Waals surface area contributed by atoms with Gasteiger partial charge in [-0.15, -0.1) is 0 Å². The first-order valence-corrected chi connectivity index (χ1v) is 11.9. The third kappa shape index (κ3) is 5.57. The van der Waals surface area contributed by atoms with Gasteiger partial charge in [-0.2, -0.15) is 9.40 Å². The van der Waals surface area contributed by atoms with E-state index >= 15 is 0 Å². The van der Waals surface area contributed by atoms with Crippen LogP contribution in [0.5, 0.6) is 0 Å². The average molecular weight is 482 g/mol. The molecule has 176 valence electrons. The lowest BCUT2D eigenvalue weighted by molar-refractivity contribution is -0.117. The van der Waals surface area contributed by atoms with Crippen LogP contribution >= 0.6 is 0 Å². The highest BCUT2D eigenvalue weighted by Crippen LogP contribution is 2.18. The fraction of sp³-hybridized carbons (Fsp3) is 0.174. The Kier molecular flexibility index (Phi) is 7.16. The second kappa shape index (κ2) is 10.4. The number of ether oxygens (including phenoxy) is 1. The monoisotopic (exact) mass is 481 g/mol. The number of hydrogen-bond donors (Lipinski definition) is 3. The fourth-order valence-electron chi connectivity index (χ4n) is 3.28. The number of H-pyrrole nitrogens is 1. The lowest BCUT2D eigenvalue weighted by atomic mass is 10.1. The first-order valence-electron chi connectivity index (χ1n) is 10.5. The van der Waals surface area contributed by atoms with Gasteiger partial charge in [0.1, 0.15) is 5.69 Å². The number of hydrogen-bond acceptors (Lipinski definition) is 6. The van der Waals surface area contributed by atoms with Crippen LogP contribution in [-0.4, -0.2) is 61.0 Å². The Hall–Kier alpha value is -3.80. The highest BCUT2D eigenvalue weighted by Gasteiger charge is 2.25. The number of aromatic amines is 1. The minimum atomic E-state index is -3.58. The Morgan fingerprint density at radius 2 is 1.71 bits per heavy atom. The van der Waals surface area contributed by atoms with Gasteiger partial charge in [0, 0.05) is 24.7 Å². The van der Waals surface area contributed by atoms with Crippen molar-refractivity contribution in [1.82, 2.24) is 25.4 Å². The molecule has 2 amide bonds.